The van der Waals surface area contributed by atoms with Crippen molar-refractivity contribution in [1.29, 1.82) is 0 Å². The van der Waals surface area contributed by atoms with E-state index < -0.39 is 23.7 Å². The summed E-state index contributed by atoms with van der Waals surface area (Å²) < 4.78 is 30.7. The number of halogens is 2. The minimum atomic E-state index is -1.48. The first-order valence-electron chi connectivity index (χ1n) is 4.66. The zero-order chi connectivity index (χ0) is 12.3. The van der Waals surface area contributed by atoms with E-state index in [9.17, 15) is 18.7 Å². The molecule has 1 aromatic carbocycles. The Morgan fingerprint density at radius 3 is 2.62 bits per heavy atom. The summed E-state index contributed by atoms with van der Waals surface area (Å²) in [6.07, 6.45) is -1.79. The Balaban J connectivity index is 2.89. The Bertz CT molecular complexity index is 404. The molecule has 0 amide bonds. The molecule has 0 fully saturated rings. The second-order valence-corrected chi connectivity index (χ2v) is 3.44. The van der Waals surface area contributed by atoms with Crippen LogP contribution in [0.25, 0.3) is 0 Å². The molecule has 0 radical (unpaired) electrons. The van der Waals surface area contributed by atoms with Crippen LogP contribution in [0.15, 0.2) is 12.1 Å². The Kier molecular flexibility index (Phi) is 3.95. The molecule has 0 aliphatic carbocycles. The summed E-state index contributed by atoms with van der Waals surface area (Å²) in [5.74, 6) is -2.10. The SMILES string of the molecule is COC(=O)C(O)Cc1cc(F)c(C)cc1F. The van der Waals surface area contributed by atoms with Crippen LogP contribution < -0.4 is 0 Å². The quantitative estimate of drug-likeness (QED) is 0.797. The van der Waals surface area contributed by atoms with Crippen molar-refractivity contribution in [3.05, 3.63) is 34.9 Å². The monoisotopic (exact) mass is 230 g/mol. The lowest BCUT2D eigenvalue weighted by atomic mass is 10.0. The smallest absolute Gasteiger partial charge is 0.335 e. The van der Waals surface area contributed by atoms with Crippen molar-refractivity contribution in [1.82, 2.24) is 0 Å². The van der Waals surface area contributed by atoms with Crippen LogP contribution in [0.1, 0.15) is 11.1 Å². The second kappa shape index (κ2) is 5.03. The standard InChI is InChI=1S/C11H12F2O3/c1-6-3-9(13)7(4-8(6)12)5-10(14)11(15)16-2/h3-4,10,14H,5H2,1-2H3. The maximum Gasteiger partial charge on any atom is 0.335 e. The molecular formula is C11H12F2O3. The lowest BCUT2D eigenvalue weighted by Gasteiger charge is -2.09. The Hall–Kier alpha value is -1.49. The minimum Gasteiger partial charge on any atom is -0.467 e. The first-order chi connectivity index (χ1) is 7.45. The van der Waals surface area contributed by atoms with Crippen molar-refractivity contribution in [2.75, 3.05) is 7.11 Å². The molecule has 5 heteroatoms. The molecule has 16 heavy (non-hydrogen) atoms. The highest BCUT2D eigenvalue weighted by Crippen LogP contribution is 2.16. The predicted molar refractivity (Wildman–Crippen MR) is 52.8 cm³/mol. The average molecular weight is 230 g/mol. The molecule has 0 spiro atoms. The topological polar surface area (TPSA) is 46.5 Å². The summed E-state index contributed by atoms with van der Waals surface area (Å²) in [5.41, 5.74) is 0.120. The van der Waals surface area contributed by atoms with Gasteiger partial charge in [0.2, 0.25) is 0 Å². The molecule has 1 aromatic rings. The molecule has 0 aliphatic heterocycles. The van der Waals surface area contributed by atoms with Crippen molar-refractivity contribution in [3.8, 4) is 0 Å². The normalized spacial score (nSPS) is 12.3. The molecule has 0 heterocycles. The van der Waals surface area contributed by atoms with Gasteiger partial charge in [0, 0.05) is 6.42 Å². The van der Waals surface area contributed by atoms with E-state index in [0.717, 1.165) is 19.2 Å². The summed E-state index contributed by atoms with van der Waals surface area (Å²) in [5, 5.41) is 9.29. The fourth-order valence-corrected chi connectivity index (χ4v) is 1.27. The van der Waals surface area contributed by atoms with Crippen molar-refractivity contribution in [2.45, 2.75) is 19.4 Å². The Labute approximate surface area is 91.7 Å². The maximum atomic E-state index is 13.3. The average Bonchev–Trinajstić information content (AvgIpc) is 2.24. The van der Waals surface area contributed by atoms with Gasteiger partial charge in [0.15, 0.2) is 6.10 Å². The largest absolute Gasteiger partial charge is 0.467 e. The van der Waals surface area contributed by atoms with E-state index in [1.807, 2.05) is 0 Å². The molecule has 0 saturated carbocycles. The van der Waals surface area contributed by atoms with E-state index in [0.29, 0.717) is 0 Å². The van der Waals surface area contributed by atoms with Crippen LogP contribution >= 0.6 is 0 Å². The number of aliphatic hydroxyl groups excluding tert-OH is 1. The zero-order valence-corrected chi connectivity index (χ0v) is 8.96. The van der Waals surface area contributed by atoms with Gasteiger partial charge in [-0.3, -0.25) is 0 Å². The van der Waals surface area contributed by atoms with E-state index in [1.165, 1.54) is 6.92 Å². The molecule has 0 aliphatic rings. The van der Waals surface area contributed by atoms with Gasteiger partial charge < -0.3 is 9.84 Å². The number of methoxy groups -OCH3 is 1. The summed E-state index contributed by atoms with van der Waals surface area (Å²) in [7, 11) is 1.11. The Morgan fingerprint density at radius 1 is 1.44 bits per heavy atom. The predicted octanol–water partition coefficient (Wildman–Crippen LogP) is 1.35. The summed E-state index contributed by atoms with van der Waals surface area (Å²) in [6, 6.07) is 1.99. The fourth-order valence-electron chi connectivity index (χ4n) is 1.27. The Morgan fingerprint density at radius 2 is 2.06 bits per heavy atom. The highest BCUT2D eigenvalue weighted by Gasteiger charge is 2.18. The number of hydrogen-bond donors (Lipinski definition) is 1. The van der Waals surface area contributed by atoms with Crippen LogP contribution in [0.5, 0.6) is 0 Å². The molecule has 1 atom stereocenters. The number of hydrogen-bond acceptors (Lipinski definition) is 3. The number of carbonyl (C=O) groups excluding carboxylic acids is 1. The van der Waals surface area contributed by atoms with Crippen molar-refractivity contribution >= 4 is 5.97 Å². The molecule has 0 aromatic heterocycles. The van der Waals surface area contributed by atoms with E-state index in [1.54, 1.807) is 0 Å². The molecule has 0 bridgehead atoms. The number of rotatable bonds is 3. The van der Waals surface area contributed by atoms with E-state index >= 15 is 0 Å². The number of benzene rings is 1. The van der Waals surface area contributed by atoms with Gasteiger partial charge >= 0.3 is 5.97 Å². The first-order valence-corrected chi connectivity index (χ1v) is 4.66. The van der Waals surface area contributed by atoms with Crippen LogP contribution in [0, 0.1) is 18.6 Å². The van der Waals surface area contributed by atoms with E-state index in [-0.39, 0.29) is 17.5 Å². The molecule has 1 N–H and O–H groups in total. The molecular weight excluding hydrogens is 218 g/mol. The molecule has 1 unspecified atom stereocenters. The fraction of sp³-hybridized carbons (Fsp3) is 0.364. The number of carbonyl (C=O) groups is 1. The second-order valence-electron chi connectivity index (χ2n) is 3.44. The van der Waals surface area contributed by atoms with Gasteiger partial charge in [-0.25, -0.2) is 13.6 Å². The van der Waals surface area contributed by atoms with Gasteiger partial charge in [-0.15, -0.1) is 0 Å². The van der Waals surface area contributed by atoms with Gasteiger partial charge in [0.25, 0.3) is 0 Å². The number of esters is 1. The van der Waals surface area contributed by atoms with Gasteiger partial charge in [0.1, 0.15) is 11.6 Å². The third kappa shape index (κ3) is 2.76. The van der Waals surface area contributed by atoms with Crippen molar-refractivity contribution in [2.24, 2.45) is 0 Å². The third-order valence-corrected chi connectivity index (χ3v) is 2.21. The highest BCUT2D eigenvalue weighted by atomic mass is 19.1. The van der Waals surface area contributed by atoms with Crippen molar-refractivity contribution < 1.29 is 23.4 Å². The highest BCUT2D eigenvalue weighted by molar-refractivity contribution is 5.74. The van der Waals surface area contributed by atoms with Gasteiger partial charge in [-0.05, 0) is 30.2 Å². The van der Waals surface area contributed by atoms with Crippen LogP contribution in [0.4, 0.5) is 8.78 Å². The van der Waals surface area contributed by atoms with Crippen LogP contribution in [0.3, 0.4) is 0 Å². The number of ether oxygens (including phenoxy) is 1. The van der Waals surface area contributed by atoms with E-state index in [2.05, 4.69) is 4.74 Å². The molecule has 3 nitrogen and oxygen atoms in total. The molecule has 88 valence electrons. The first kappa shape index (κ1) is 12.6. The number of aryl methyl sites for hydroxylation is 1. The minimum absolute atomic E-state index is 0.0546. The van der Waals surface area contributed by atoms with Crippen LogP contribution in [-0.4, -0.2) is 24.3 Å². The molecule has 1 rings (SSSR count). The van der Waals surface area contributed by atoms with Crippen LogP contribution in [-0.2, 0) is 16.0 Å². The van der Waals surface area contributed by atoms with Crippen molar-refractivity contribution in [3.63, 3.8) is 0 Å². The zero-order valence-electron chi connectivity index (χ0n) is 8.96. The lowest BCUT2D eigenvalue weighted by Crippen LogP contribution is -2.24. The lowest BCUT2D eigenvalue weighted by molar-refractivity contribution is -0.150. The van der Waals surface area contributed by atoms with Gasteiger partial charge in [-0.2, -0.15) is 0 Å². The van der Waals surface area contributed by atoms with Gasteiger partial charge in [-0.1, -0.05) is 0 Å². The molecule has 0 saturated heterocycles. The van der Waals surface area contributed by atoms with E-state index in [4.69, 9.17) is 0 Å². The summed E-state index contributed by atoms with van der Waals surface area (Å²) in [6.45, 7) is 1.43. The maximum absolute atomic E-state index is 13.3. The van der Waals surface area contributed by atoms with Crippen LogP contribution in [0.2, 0.25) is 0 Å². The van der Waals surface area contributed by atoms with Gasteiger partial charge in [0.05, 0.1) is 7.11 Å². The number of aliphatic hydroxyl groups is 1. The summed E-state index contributed by atoms with van der Waals surface area (Å²) >= 11 is 0. The third-order valence-electron chi connectivity index (χ3n) is 2.21. The summed E-state index contributed by atoms with van der Waals surface area (Å²) in [4.78, 5) is 10.9.